The van der Waals surface area contributed by atoms with Crippen molar-refractivity contribution in [3.05, 3.63) is 39.3 Å². The maximum absolute atomic E-state index is 12.7. The largest absolute Gasteiger partial charge is 0.382 e. The molecule has 21 heavy (non-hydrogen) atoms. The Morgan fingerprint density at radius 1 is 1.33 bits per heavy atom. The number of rotatable bonds is 3. The predicted octanol–water partition coefficient (Wildman–Crippen LogP) is 2.59. The van der Waals surface area contributed by atoms with Crippen LogP contribution in [0.25, 0.3) is 0 Å². The van der Waals surface area contributed by atoms with E-state index in [9.17, 15) is 13.2 Å². The highest BCUT2D eigenvalue weighted by atomic mass is 79.9. The Kier molecular flexibility index (Phi) is 4.43. The summed E-state index contributed by atoms with van der Waals surface area (Å²) >= 11 is 3.33. The van der Waals surface area contributed by atoms with Crippen molar-refractivity contribution in [1.82, 2.24) is 4.90 Å². The number of anilines is 1. The molecule has 0 bridgehead atoms. The van der Waals surface area contributed by atoms with Gasteiger partial charge in [0.2, 0.25) is 5.78 Å². The number of benzene rings is 1. The van der Waals surface area contributed by atoms with Gasteiger partial charge in [-0.1, -0.05) is 22.9 Å². The van der Waals surface area contributed by atoms with Gasteiger partial charge >= 0.3 is 0 Å². The fraction of sp³-hybridized carbons (Fsp3) is 0.357. The monoisotopic (exact) mass is 372 g/mol. The quantitative estimate of drug-likeness (QED) is 0.765. The molecule has 5 nitrogen and oxygen atoms in total. The molecule has 0 amide bonds. The predicted molar refractivity (Wildman–Crippen MR) is 86.8 cm³/mol. The summed E-state index contributed by atoms with van der Waals surface area (Å²) in [6, 6.07) is 5.07. The Morgan fingerprint density at radius 3 is 2.57 bits per heavy atom. The number of hydrogen-bond acceptors (Lipinski definition) is 4. The maximum Gasteiger partial charge on any atom is 0.269 e. The van der Waals surface area contributed by atoms with Gasteiger partial charge in [0.25, 0.3) is 10.0 Å². The molecule has 0 spiro atoms. The summed E-state index contributed by atoms with van der Waals surface area (Å²) in [6.45, 7) is 2.24. The smallest absolute Gasteiger partial charge is 0.269 e. The van der Waals surface area contributed by atoms with Gasteiger partial charge in [-0.15, -0.1) is 0 Å². The van der Waals surface area contributed by atoms with Crippen molar-refractivity contribution in [3.63, 3.8) is 0 Å². The van der Waals surface area contributed by atoms with E-state index in [1.807, 2.05) is 6.92 Å². The number of allylic oxidation sites excluding steroid dienone is 1. The molecule has 0 radical (unpaired) electrons. The number of Topliss-reactive ketones (excluding diaryl/α,β-unsaturated/α-hetero) is 1. The molecule has 1 aliphatic rings. The van der Waals surface area contributed by atoms with E-state index in [2.05, 4.69) is 15.9 Å². The summed E-state index contributed by atoms with van der Waals surface area (Å²) in [5.41, 5.74) is 0.849. The second-order valence-corrected chi connectivity index (χ2v) is 7.77. The topological polar surface area (TPSA) is 57.7 Å². The Hall–Kier alpha value is -1.34. The van der Waals surface area contributed by atoms with Gasteiger partial charge in [-0.25, -0.2) is 8.42 Å². The fourth-order valence-electron chi connectivity index (χ4n) is 2.20. The van der Waals surface area contributed by atoms with Gasteiger partial charge < -0.3 is 4.90 Å². The zero-order chi connectivity index (χ0) is 15.8. The van der Waals surface area contributed by atoms with E-state index >= 15 is 0 Å². The normalized spacial score (nSPS) is 18.8. The summed E-state index contributed by atoms with van der Waals surface area (Å²) < 4.78 is 27.5. The van der Waals surface area contributed by atoms with E-state index in [0.717, 1.165) is 4.47 Å². The molecule has 2 rings (SSSR count). The third-order valence-corrected chi connectivity index (χ3v) is 5.37. The standard InChI is InChI=1S/C14H17BrN2O3S/c1-4-7-17-12-8-10(15)5-6-11(12)14(18)13(9-16(2)3)21(17,19)20/h5-6,8-9H,4,7H2,1-3H3. The minimum atomic E-state index is -3.82. The van der Waals surface area contributed by atoms with Crippen LogP contribution in [-0.4, -0.2) is 39.7 Å². The average Bonchev–Trinajstić information content (AvgIpc) is 2.39. The van der Waals surface area contributed by atoms with Crippen molar-refractivity contribution in [2.45, 2.75) is 13.3 Å². The Balaban J connectivity index is 2.74. The van der Waals surface area contributed by atoms with E-state index in [1.54, 1.807) is 37.2 Å². The first kappa shape index (κ1) is 16.0. The van der Waals surface area contributed by atoms with Crippen LogP contribution < -0.4 is 4.31 Å². The number of hydrogen-bond donors (Lipinski definition) is 0. The Labute approximate surface area is 133 Å². The second kappa shape index (κ2) is 5.81. The molecule has 0 saturated carbocycles. The van der Waals surface area contributed by atoms with Crippen LogP contribution in [0.2, 0.25) is 0 Å². The number of halogens is 1. The Morgan fingerprint density at radius 2 is 2.00 bits per heavy atom. The van der Waals surface area contributed by atoms with Gasteiger partial charge in [-0.2, -0.15) is 0 Å². The molecule has 0 aromatic heterocycles. The van der Waals surface area contributed by atoms with Gasteiger partial charge in [-0.05, 0) is 24.6 Å². The van der Waals surface area contributed by atoms with Crippen LogP contribution in [0.4, 0.5) is 5.69 Å². The summed E-state index contributed by atoms with van der Waals surface area (Å²) in [7, 11) is -0.435. The number of fused-ring (bicyclic) bond motifs is 1. The molecule has 0 aliphatic carbocycles. The van der Waals surface area contributed by atoms with E-state index in [1.165, 1.54) is 10.5 Å². The van der Waals surface area contributed by atoms with E-state index < -0.39 is 15.8 Å². The third kappa shape index (κ3) is 2.85. The minimum absolute atomic E-state index is 0.184. The lowest BCUT2D eigenvalue weighted by Gasteiger charge is -2.31. The molecule has 0 unspecified atom stereocenters. The van der Waals surface area contributed by atoms with Crippen LogP contribution >= 0.6 is 15.9 Å². The second-order valence-electron chi connectivity index (χ2n) is 5.02. The van der Waals surface area contributed by atoms with Crippen LogP contribution in [-0.2, 0) is 10.0 Å². The number of carbonyl (C=O) groups excluding carboxylic acids is 1. The molecular formula is C14H17BrN2O3S. The van der Waals surface area contributed by atoms with Gasteiger partial charge in [0.05, 0.1) is 5.69 Å². The van der Waals surface area contributed by atoms with Crippen LogP contribution in [0.5, 0.6) is 0 Å². The van der Waals surface area contributed by atoms with Crippen molar-refractivity contribution in [2.75, 3.05) is 24.9 Å². The van der Waals surface area contributed by atoms with Gasteiger partial charge in [-0.3, -0.25) is 9.10 Å². The molecule has 0 N–H and O–H groups in total. The lowest BCUT2D eigenvalue weighted by atomic mass is 10.1. The maximum atomic E-state index is 12.7. The van der Waals surface area contributed by atoms with E-state index in [0.29, 0.717) is 24.2 Å². The minimum Gasteiger partial charge on any atom is -0.382 e. The van der Waals surface area contributed by atoms with Crippen LogP contribution in [0.1, 0.15) is 23.7 Å². The number of nitrogens with zero attached hydrogens (tertiary/aromatic N) is 2. The molecule has 1 heterocycles. The molecule has 1 aliphatic heterocycles. The first-order valence-electron chi connectivity index (χ1n) is 6.54. The molecule has 1 aromatic rings. The van der Waals surface area contributed by atoms with Crippen molar-refractivity contribution in [1.29, 1.82) is 0 Å². The van der Waals surface area contributed by atoms with Crippen molar-refractivity contribution in [3.8, 4) is 0 Å². The summed E-state index contributed by atoms with van der Waals surface area (Å²) in [5.74, 6) is -0.460. The van der Waals surface area contributed by atoms with Gasteiger partial charge in [0, 0.05) is 36.9 Å². The number of carbonyl (C=O) groups is 1. The molecule has 0 saturated heterocycles. The zero-order valence-corrected chi connectivity index (χ0v) is 14.5. The zero-order valence-electron chi connectivity index (χ0n) is 12.1. The highest BCUT2D eigenvalue weighted by Gasteiger charge is 2.39. The molecule has 114 valence electrons. The summed E-state index contributed by atoms with van der Waals surface area (Å²) in [4.78, 5) is 13.9. The first-order valence-corrected chi connectivity index (χ1v) is 8.77. The van der Waals surface area contributed by atoms with Crippen LogP contribution in [0, 0.1) is 0 Å². The summed E-state index contributed by atoms with van der Waals surface area (Å²) in [6.07, 6.45) is 2.03. The molecule has 0 fully saturated rings. The Bertz CT molecular complexity index is 711. The van der Waals surface area contributed by atoms with Crippen molar-refractivity contribution in [2.24, 2.45) is 0 Å². The van der Waals surface area contributed by atoms with Crippen molar-refractivity contribution < 1.29 is 13.2 Å². The summed E-state index contributed by atoms with van der Waals surface area (Å²) in [5, 5.41) is 0. The third-order valence-electron chi connectivity index (χ3n) is 3.07. The number of sulfonamides is 1. The first-order chi connectivity index (χ1) is 9.78. The van der Waals surface area contributed by atoms with Crippen molar-refractivity contribution >= 4 is 37.4 Å². The SMILES string of the molecule is CCCN1c2cc(Br)ccc2C(=O)C(=CN(C)C)S1(=O)=O. The van der Waals surface area contributed by atoms with Crippen LogP contribution in [0.3, 0.4) is 0 Å². The lowest BCUT2D eigenvalue weighted by Crippen LogP contribution is -2.40. The van der Waals surface area contributed by atoms with E-state index in [4.69, 9.17) is 0 Å². The van der Waals surface area contributed by atoms with Gasteiger partial charge in [0.1, 0.15) is 0 Å². The number of ketones is 1. The highest BCUT2D eigenvalue weighted by Crippen LogP contribution is 2.36. The molecular weight excluding hydrogens is 356 g/mol. The molecule has 1 aromatic carbocycles. The fourth-order valence-corrected chi connectivity index (χ4v) is 4.31. The van der Waals surface area contributed by atoms with E-state index in [-0.39, 0.29) is 4.91 Å². The van der Waals surface area contributed by atoms with Crippen LogP contribution in [0.15, 0.2) is 33.8 Å². The molecule has 0 atom stereocenters. The molecule has 7 heteroatoms. The lowest BCUT2D eigenvalue weighted by molar-refractivity contribution is 0.104. The van der Waals surface area contributed by atoms with Gasteiger partial charge in [0.15, 0.2) is 4.91 Å². The average molecular weight is 373 g/mol. The highest BCUT2D eigenvalue weighted by molar-refractivity contribution is 9.10.